The van der Waals surface area contributed by atoms with Crippen LogP contribution in [0.15, 0.2) is 11.6 Å². The predicted octanol–water partition coefficient (Wildman–Crippen LogP) is 4.32. The summed E-state index contributed by atoms with van der Waals surface area (Å²) in [6.07, 6.45) is -2.24. The number of hydrogen-bond donors (Lipinski definition) is 0. The SMILES string of the molecule is CC(C)P(=S)(C(F)=C(F)F)C(C)C. The van der Waals surface area contributed by atoms with E-state index in [0.29, 0.717) is 0 Å². The van der Waals surface area contributed by atoms with Gasteiger partial charge in [-0.25, -0.2) is 0 Å². The van der Waals surface area contributed by atoms with Gasteiger partial charge in [0.25, 0.3) is 0 Å². The van der Waals surface area contributed by atoms with E-state index in [9.17, 15) is 13.2 Å². The van der Waals surface area contributed by atoms with Crippen LogP contribution in [-0.2, 0) is 11.8 Å². The standard InChI is InChI=1S/C8H14F3PS/c1-5(2)12(13,6(3)4)8(11)7(9)10/h5-6H,1-4H3. The fraction of sp³-hybridized carbons (Fsp3) is 0.750. The van der Waals surface area contributed by atoms with Crippen molar-refractivity contribution in [2.24, 2.45) is 0 Å². The first-order valence-corrected chi connectivity index (χ1v) is 6.99. The molecule has 0 nitrogen and oxygen atoms in total. The third kappa shape index (κ3) is 2.57. The zero-order valence-corrected chi connectivity index (χ0v) is 9.85. The Hall–Kier alpha value is 0.180. The van der Waals surface area contributed by atoms with Gasteiger partial charge in [-0.1, -0.05) is 39.5 Å². The van der Waals surface area contributed by atoms with Crippen molar-refractivity contribution in [3.63, 3.8) is 0 Å². The highest BCUT2D eigenvalue weighted by Gasteiger charge is 2.33. The van der Waals surface area contributed by atoms with E-state index < -0.39 is 17.7 Å². The molecule has 0 aromatic rings. The van der Waals surface area contributed by atoms with Gasteiger partial charge in [-0.3, -0.25) is 0 Å². The second kappa shape index (κ2) is 4.61. The van der Waals surface area contributed by atoms with Gasteiger partial charge >= 0.3 is 6.08 Å². The molecule has 0 aliphatic carbocycles. The quantitative estimate of drug-likeness (QED) is 0.651. The second-order valence-corrected chi connectivity index (χ2v) is 9.14. The fourth-order valence-corrected chi connectivity index (χ4v) is 3.75. The Bertz CT molecular complexity index is 242. The first kappa shape index (κ1) is 13.2. The molecule has 0 N–H and O–H groups in total. The molecule has 0 aromatic heterocycles. The molecule has 0 aromatic carbocycles. The van der Waals surface area contributed by atoms with Gasteiger partial charge < -0.3 is 0 Å². The summed E-state index contributed by atoms with van der Waals surface area (Å²) >= 11 is 5.05. The topological polar surface area (TPSA) is 0 Å². The number of rotatable bonds is 3. The number of halogens is 3. The van der Waals surface area contributed by atoms with E-state index in [2.05, 4.69) is 0 Å². The summed E-state index contributed by atoms with van der Waals surface area (Å²) in [4.78, 5) is 0. The smallest absolute Gasteiger partial charge is 0.200 e. The van der Waals surface area contributed by atoms with Crippen LogP contribution in [0, 0.1) is 0 Å². The van der Waals surface area contributed by atoms with Gasteiger partial charge in [-0.05, 0) is 11.3 Å². The van der Waals surface area contributed by atoms with Crippen LogP contribution < -0.4 is 0 Å². The monoisotopic (exact) mass is 230 g/mol. The molecule has 0 fully saturated rings. The molecule has 0 unspecified atom stereocenters. The molecule has 0 amide bonds. The first-order chi connectivity index (χ1) is 5.74. The molecule has 78 valence electrons. The summed E-state index contributed by atoms with van der Waals surface area (Å²) in [6, 6.07) is -2.71. The van der Waals surface area contributed by atoms with Crippen molar-refractivity contribution in [3.05, 3.63) is 11.6 Å². The molecule has 0 radical (unpaired) electrons. The van der Waals surface area contributed by atoms with Crippen LogP contribution in [0.2, 0.25) is 0 Å². The molecule has 0 aliphatic rings. The Kier molecular flexibility index (Phi) is 4.67. The third-order valence-electron chi connectivity index (χ3n) is 2.00. The van der Waals surface area contributed by atoms with Crippen LogP contribution >= 0.6 is 6.04 Å². The van der Waals surface area contributed by atoms with Crippen LogP contribution in [0.4, 0.5) is 13.2 Å². The van der Waals surface area contributed by atoms with Gasteiger partial charge in [0.15, 0.2) is 5.57 Å². The normalized spacial score (nSPS) is 12.4. The van der Waals surface area contributed by atoms with Crippen molar-refractivity contribution in [3.8, 4) is 0 Å². The van der Waals surface area contributed by atoms with Gasteiger partial charge in [0.1, 0.15) is 0 Å². The van der Waals surface area contributed by atoms with Crippen LogP contribution in [0.1, 0.15) is 27.7 Å². The van der Waals surface area contributed by atoms with Crippen molar-refractivity contribution in [2.75, 3.05) is 0 Å². The second-order valence-electron chi connectivity index (χ2n) is 3.45. The van der Waals surface area contributed by atoms with Crippen molar-refractivity contribution in [2.45, 2.75) is 39.0 Å². The van der Waals surface area contributed by atoms with Crippen LogP contribution in [0.3, 0.4) is 0 Å². The Morgan fingerprint density at radius 3 is 1.38 bits per heavy atom. The summed E-state index contributed by atoms with van der Waals surface area (Å²) in [5.41, 5.74) is -1.78. The minimum atomic E-state index is -2.71. The summed E-state index contributed by atoms with van der Waals surface area (Å²) in [6.45, 7) is 6.79. The maximum atomic E-state index is 13.2. The fourth-order valence-electron chi connectivity index (χ4n) is 1.18. The van der Waals surface area contributed by atoms with E-state index in [1.807, 2.05) is 0 Å². The van der Waals surface area contributed by atoms with Crippen LogP contribution in [0.5, 0.6) is 0 Å². The van der Waals surface area contributed by atoms with Crippen molar-refractivity contribution in [1.29, 1.82) is 0 Å². The van der Waals surface area contributed by atoms with Gasteiger partial charge in [0, 0.05) is 6.04 Å². The van der Waals surface area contributed by atoms with E-state index in [-0.39, 0.29) is 11.3 Å². The highest BCUT2D eigenvalue weighted by atomic mass is 32.4. The summed E-state index contributed by atoms with van der Waals surface area (Å²) in [7, 11) is 0. The molecule has 0 saturated carbocycles. The van der Waals surface area contributed by atoms with E-state index in [1.165, 1.54) is 0 Å². The molecule has 13 heavy (non-hydrogen) atoms. The molecule has 0 atom stereocenters. The number of hydrogen-bond acceptors (Lipinski definition) is 1. The Labute approximate surface area is 82.2 Å². The predicted molar refractivity (Wildman–Crippen MR) is 54.9 cm³/mol. The first-order valence-electron chi connectivity index (χ1n) is 4.05. The summed E-state index contributed by atoms with van der Waals surface area (Å²) < 4.78 is 37.4. The lowest BCUT2D eigenvalue weighted by Crippen LogP contribution is -2.08. The molecule has 0 heterocycles. The minimum Gasteiger partial charge on any atom is -0.200 e. The van der Waals surface area contributed by atoms with Gasteiger partial charge in [-0.2, -0.15) is 13.2 Å². The molecule has 0 saturated heterocycles. The van der Waals surface area contributed by atoms with Crippen LogP contribution in [-0.4, -0.2) is 11.3 Å². The van der Waals surface area contributed by atoms with Gasteiger partial charge in [0.2, 0.25) is 0 Å². The lowest BCUT2D eigenvalue weighted by Gasteiger charge is -2.27. The molecule has 0 bridgehead atoms. The molecule has 0 rings (SSSR count). The van der Waals surface area contributed by atoms with Crippen molar-refractivity contribution in [1.82, 2.24) is 0 Å². The highest BCUT2D eigenvalue weighted by Crippen LogP contribution is 2.63. The summed E-state index contributed by atoms with van der Waals surface area (Å²) in [5.74, 6) is 0. The zero-order chi connectivity index (χ0) is 10.8. The molecular weight excluding hydrogens is 216 g/mol. The lowest BCUT2D eigenvalue weighted by molar-refractivity contribution is 0.393. The van der Waals surface area contributed by atoms with Gasteiger partial charge in [0.05, 0.1) is 0 Å². The van der Waals surface area contributed by atoms with Crippen molar-refractivity contribution < 1.29 is 13.2 Å². The maximum Gasteiger partial charge on any atom is 0.306 e. The zero-order valence-electron chi connectivity index (χ0n) is 8.14. The third-order valence-corrected chi connectivity index (χ3v) is 8.86. The van der Waals surface area contributed by atoms with Crippen LogP contribution in [0.25, 0.3) is 0 Å². The molecular formula is C8H14F3PS. The average Bonchev–Trinajstić information content (AvgIpc) is 2.00. The Morgan fingerprint density at radius 1 is 1.00 bits per heavy atom. The molecule has 0 spiro atoms. The largest absolute Gasteiger partial charge is 0.306 e. The average molecular weight is 230 g/mol. The lowest BCUT2D eigenvalue weighted by atomic mass is 10.5. The van der Waals surface area contributed by atoms with Crippen molar-refractivity contribution >= 4 is 17.8 Å². The van der Waals surface area contributed by atoms with E-state index in [1.54, 1.807) is 27.7 Å². The maximum absolute atomic E-state index is 13.2. The van der Waals surface area contributed by atoms with Gasteiger partial charge in [-0.15, -0.1) is 0 Å². The summed E-state index contributed by atoms with van der Waals surface area (Å²) in [5, 5.41) is 0. The van der Waals surface area contributed by atoms with E-state index in [0.717, 1.165) is 0 Å². The Morgan fingerprint density at radius 2 is 1.31 bits per heavy atom. The highest BCUT2D eigenvalue weighted by molar-refractivity contribution is 8.17. The Balaban J connectivity index is 5.30. The molecule has 0 aliphatic heterocycles. The van der Waals surface area contributed by atoms with E-state index >= 15 is 0 Å². The minimum absolute atomic E-state index is 0.219. The molecule has 5 heteroatoms. The van der Waals surface area contributed by atoms with E-state index in [4.69, 9.17) is 11.8 Å².